The molecular weight excluding hydrogens is 435 g/mol. The van der Waals surface area contributed by atoms with Gasteiger partial charge in [0, 0.05) is 25.6 Å². The van der Waals surface area contributed by atoms with Crippen LogP contribution < -0.4 is 9.47 Å². The average Bonchev–Trinajstić information content (AvgIpc) is 3.15. The summed E-state index contributed by atoms with van der Waals surface area (Å²) in [6, 6.07) is 11.9. The Bertz CT molecular complexity index is 1120. The van der Waals surface area contributed by atoms with Gasteiger partial charge in [-0.2, -0.15) is 5.26 Å². The van der Waals surface area contributed by atoms with Gasteiger partial charge in [-0.3, -0.25) is 0 Å². The number of rotatable bonds is 5. The second-order valence-electron chi connectivity index (χ2n) is 9.77. The summed E-state index contributed by atoms with van der Waals surface area (Å²) >= 11 is 0. The summed E-state index contributed by atoms with van der Waals surface area (Å²) in [6.07, 6.45) is 3.05. The fourth-order valence-electron chi connectivity index (χ4n) is 4.86. The molecule has 2 heterocycles. The van der Waals surface area contributed by atoms with Crippen LogP contribution in [0.1, 0.15) is 76.0 Å². The molecule has 0 saturated carbocycles. The Kier molecular flexibility index (Phi) is 6.44. The normalized spacial score (nSPS) is 20.2. The fraction of sp³-hybridized carbons (Fsp3) is 0.481. The number of carbonyl (C=O) groups excluding carboxylic acids is 1. The topological polar surface area (TPSA) is 71.8 Å². The number of hydrogen-bond acceptors (Lipinski definition) is 5. The second kappa shape index (κ2) is 9.17. The lowest BCUT2D eigenvalue weighted by molar-refractivity contribution is -0.0711. The van der Waals surface area contributed by atoms with Gasteiger partial charge in [-0.15, -0.1) is 0 Å². The fourth-order valence-corrected chi connectivity index (χ4v) is 4.86. The molecule has 34 heavy (non-hydrogen) atoms. The molecule has 1 fully saturated rings. The second-order valence-corrected chi connectivity index (χ2v) is 9.77. The maximum Gasteiger partial charge on any atom is 0.410 e. The summed E-state index contributed by atoms with van der Waals surface area (Å²) in [5.41, 5.74) is 0.999. The molecule has 0 spiro atoms. The Morgan fingerprint density at radius 2 is 2.00 bits per heavy atom. The molecule has 7 heteroatoms. The maximum absolute atomic E-state index is 14.7. The molecule has 1 atom stereocenters. The van der Waals surface area contributed by atoms with Gasteiger partial charge < -0.3 is 19.1 Å². The first-order chi connectivity index (χ1) is 16.2. The molecule has 0 N–H and O–H groups in total. The van der Waals surface area contributed by atoms with Crippen LogP contribution >= 0.6 is 0 Å². The van der Waals surface area contributed by atoms with Crippen molar-refractivity contribution in [2.24, 2.45) is 0 Å². The highest BCUT2D eigenvalue weighted by Gasteiger charge is 2.43. The summed E-state index contributed by atoms with van der Waals surface area (Å²) in [5, 5.41) is 9.03. The number of piperidine rings is 1. The number of likely N-dealkylation sites (tertiary alicyclic amines) is 1. The minimum Gasteiger partial charge on any atom is -0.444 e. The van der Waals surface area contributed by atoms with Gasteiger partial charge in [-0.05, 0) is 63.3 Å². The van der Waals surface area contributed by atoms with Crippen molar-refractivity contribution in [1.82, 2.24) is 4.90 Å². The van der Waals surface area contributed by atoms with E-state index in [1.165, 1.54) is 12.1 Å². The lowest BCUT2D eigenvalue weighted by Gasteiger charge is -2.34. The standard InChI is InChI=1S/C27H31FN2O4/c1-5-13-26(2,3)34-25(31)30-14-11-19(12-15-30)20-7-6-8-23-24(20)33-27(4,32-23)21-10-9-18(17-29)16-22(21)28/h6-10,16,19H,5,11-15H2,1-4H3. The molecular formula is C27H31FN2O4. The molecule has 2 aliphatic heterocycles. The monoisotopic (exact) mass is 466 g/mol. The van der Waals surface area contributed by atoms with E-state index in [-0.39, 0.29) is 23.1 Å². The Labute approximate surface area is 200 Å². The van der Waals surface area contributed by atoms with E-state index >= 15 is 0 Å². The highest BCUT2D eigenvalue weighted by atomic mass is 19.1. The molecule has 0 bridgehead atoms. The van der Waals surface area contributed by atoms with Crippen molar-refractivity contribution in [2.45, 2.75) is 70.7 Å². The number of carbonyl (C=O) groups is 1. The molecule has 180 valence electrons. The van der Waals surface area contributed by atoms with E-state index in [2.05, 4.69) is 6.92 Å². The van der Waals surface area contributed by atoms with Gasteiger partial charge >= 0.3 is 6.09 Å². The quantitative estimate of drug-likeness (QED) is 0.522. The van der Waals surface area contributed by atoms with E-state index in [0.717, 1.165) is 31.2 Å². The smallest absolute Gasteiger partial charge is 0.410 e. The van der Waals surface area contributed by atoms with Gasteiger partial charge in [0.2, 0.25) is 0 Å². The molecule has 2 aromatic rings. The number of ether oxygens (including phenoxy) is 3. The maximum atomic E-state index is 14.7. The minimum atomic E-state index is -1.33. The van der Waals surface area contributed by atoms with Crippen molar-refractivity contribution >= 4 is 6.09 Å². The molecule has 0 aromatic heterocycles. The first-order valence-electron chi connectivity index (χ1n) is 11.8. The number of halogens is 1. The summed E-state index contributed by atoms with van der Waals surface area (Å²) in [7, 11) is 0. The van der Waals surface area contributed by atoms with Gasteiger partial charge in [-0.1, -0.05) is 25.5 Å². The highest BCUT2D eigenvalue weighted by Crippen LogP contribution is 2.49. The Hall–Kier alpha value is -3.27. The third-order valence-corrected chi connectivity index (χ3v) is 6.61. The van der Waals surface area contributed by atoms with Crippen molar-refractivity contribution in [3.63, 3.8) is 0 Å². The zero-order valence-electron chi connectivity index (χ0n) is 20.2. The molecule has 0 aliphatic carbocycles. The van der Waals surface area contributed by atoms with Crippen LogP contribution in [0, 0.1) is 17.1 Å². The van der Waals surface area contributed by atoms with Crippen LogP contribution in [0.4, 0.5) is 9.18 Å². The zero-order chi connectivity index (χ0) is 24.5. The van der Waals surface area contributed by atoms with Gasteiger partial charge in [0.1, 0.15) is 11.4 Å². The lowest BCUT2D eigenvalue weighted by Crippen LogP contribution is -2.42. The van der Waals surface area contributed by atoms with E-state index in [1.54, 1.807) is 17.9 Å². The molecule has 2 aliphatic rings. The number of nitriles is 1. The van der Waals surface area contributed by atoms with Crippen LogP contribution in [0.5, 0.6) is 11.5 Å². The molecule has 2 aromatic carbocycles. The van der Waals surface area contributed by atoms with E-state index in [1.807, 2.05) is 38.1 Å². The van der Waals surface area contributed by atoms with Crippen molar-refractivity contribution in [3.8, 4) is 17.6 Å². The minimum absolute atomic E-state index is 0.180. The van der Waals surface area contributed by atoms with Crippen LogP contribution in [0.3, 0.4) is 0 Å². The summed E-state index contributed by atoms with van der Waals surface area (Å²) in [6.45, 7) is 8.83. The third kappa shape index (κ3) is 4.68. The number of para-hydroxylation sites is 1. The number of amides is 1. The summed E-state index contributed by atoms with van der Waals surface area (Å²) in [5.74, 6) is -0.523. The van der Waals surface area contributed by atoms with Crippen LogP contribution in [-0.2, 0) is 10.5 Å². The van der Waals surface area contributed by atoms with Gasteiger partial charge in [0.25, 0.3) is 5.79 Å². The number of nitrogens with zero attached hydrogens (tertiary/aromatic N) is 2. The van der Waals surface area contributed by atoms with Crippen LogP contribution in [0.2, 0.25) is 0 Å². The van der Waals surface area contributed by atoms with E-state index < -0.39 is 17.2 Å². The SMILES string of the molecule is CCCC(C)(C)OC(=O)N1CCC(c2cccc3c2OC(C)(c2ccc(C#N)cc2F)O3)CC1. The summed E-state index contributed by atoms with van der Waals surface area (Å²) in [4.78, 5) is 14.4. The van der Waals surface area contributed by atoms with Crippen molar-refractivity contribution in [1.29, 1.82) is 5.26 Å². The third-order valence-electron chi connectivity index (χ3n) is 6.61. The Morgan fingerprint density at radius 1 is 1.26 bits per heavy atom. The van der Waals surface area contributed by atoms with Crippen molar-refractivity contribution < 1.29 is 23.4 Å². The number of benzene rings is 2. The van der Waals surface area contributed by atoms with E-state index in [0.29, 0.717) is 24.6 Å². The summed E-state index contributed by atoms with van der Waals surface area (Å²) < 4.78 is 32.8. The first-order valence-corrected chi connectivity index (χ1v) is 11.8. The van der Waals surface area contributed by atoms with Crippen molar-refractivity contribution in [2.75, 3.05) is 13.1 Å². The molecule has 1 amide bonds. The first kappa shape index (κ1) is 23.9. The molecule has 0 radical (unpaired) electrons. The molecule has 1 unspecified atom stereocenters. The van der Waals surface area contributed by atoms with Gasteiger partial charge in [0.15, 0.2) is 11.5 Å². The number of hydrogen-bond donors (Lipinski definition) is 0. The highest BCUT2D eigenvalue weighted by molar-refractivity contribution is 5.68. The van der Waals surface area contributed by atoms with Crippen LogP contribution in [0.15, 0.2) is 36.4 Å². The Morgan fingerprint density at radius 3 is 2.65 bits per heavy atom. The molecule has 4 rings (SSSR count). The predicted octanol–water partition coefficient (Wildman–Crippen LogP) is 6.24. The largest absolute Gasteiger partial charge is 0.444 e. The molecule has 1 saturated heterocycles. The van der Waals surface area contributed by atoms with E-state index in [4.69, 9.17) is 19.5 Å². The van der Waals surface area contributed by atoms with Crippen LogP contribution in [0.25, 0.3) is 0 Å². The van der Waals surface area contributed by atoms with E-state index in [9.17, 15) is 9.18 Å². The lowest BCUT2D eigenvalue weighted by atomic mass is 9.88. The number of fused-ring (bicyclic) bond motifs is 1. The van der Waals surface area contributed by atoms with Gasteiger partial charge in [-0.25, -0.2) is 9.18 Å². The van der Waals surface area contributed by atoms with Gasteiger partial charge in [0.05, 0.1) is 17.2 Å². The average molecular weight is 467 g/mol. The zero-order valence-corrected chi connectivity index (χ0v) is 20.2. The molecule has 6 nitrogen and oxygen atoms in total. The predicted molar refractivity (Wildman–Crippen MR) is 125 cm³/mol. The Balaban J connectivity index is 1.47. The van der Waals surface area contributed by atoms with Crippen LogP contribution in [-0.4, -0.2) is 29.7 Å². The van der Waals surface area contributed by atoms with Crippen molar-refractivity contribution in [3.05, 3.63) is 58.9 Å².